The SMILES string of the molecule is CCOC(=O)C(=O)c1cc(OC)cc(C(F)(F)F)c1F. The fourth-order valence-electron chi connectivity index (χ4n) is 1.39. The van der Waals surface area contributed by atoms with Crippen molar-refractivity contribution in [3.8, 4) is 5.75 Å². The summed E-state index contributed by atoms with van der Waals surface area (Å²) in [7, 11) is 1.05. The van der Waals surface area contributed by atoms with Crippen LogP contribution in [0.5, 0.6) is 5.75 Å². The Morgan fingerprint density at radius 2 is 1.85 bits per heavy atom. The predicted molar refractivity (Wildman–Crippen MR) is 58.9 cm³/mol. The third kappa shape index (κ3) is 3.25. The summed E-state index contributed by atoms with van der Waals surface area (Å²) in [5, 5.41) is 0. The Morgan fingerprint density at radius 1 is 1.25 bits per heavy atom. The highest BCUT2D eigenvalue weighted by atomic mass is 19.4. The van der Waals surface area contributed by atoms with Crippen molar-refractivity contribution in [2.45, 2.75) is 13.1 Å². The molecule has 0 aromatic heterocycles. The molecule has 20 heavy (non-hydrogen) atoms. The molecular weight excluding hydrogens is 284 g/mol. The van der Waals surface area contributed by atoms with E-state index in [0.717, 1.165) is 7.11 Å². The Bertz CT molecular complexity index is 537. The quantitative estimate of drug-likeness (QED) is 0.371. The van der Waals surface area contributed by atoms with E-state index in [1.54, 1.807) is 0 Å². The molecule has 0 saturated heterocycles. The van der Waals surface area contributed by atoms with Crippen molar-refractivity contribution in [2.75, 3.05) is 13.7 Å². The van der Waals surface area contributed by atoms with E-state index in [1.165, 1.54) is 6.92 Å². The summed E-state index contributed by atoms with van der Waals surface area (Å²) in [6.45, 7) is 1.23. The van der Waals surface area contributed by atoms with E-state index in [2.05, 4.69) is 9.47 Å². The highest BCUT2D eigenvalue weighted by Crippen LogP contribution is 2.35. The van der Waals surface area contributed by atoms with Crippen molar-refractivity contribution in [1.82, 2.24) is 0 Å². The van der Waals surface area contributed by atoms with Crippen LogP contribution in [0.15, 0.2) is 12.1 Å². The molecule has 0 radical (unpaired) electrons. The maximum atomic E-state index is 13.7. The lowest BCUT2D eigenvalue weighted by molar-refractivity contribution is -0.140. The Hall–Kier alpha value is -2.12. The maximum absolute atomic E-state index is 13.7. The summed E-state index contributed by atoms with van der Waals surface area (Å²) >= 11 is 0. The molecule has 0 spiro atoms. The fourth-order valence-corrected chi connectivity index (χ4v) is 1.39. The van der Waals surface area contributed by atoms with Crippen molar-refractivity contribution >= 4 is 11.8 Å². The zero-order valence-corrected chi connectivity index (χ0v) is 10.5. The molecule has 110 valence electrons. The molecule has 0 aliphatic rings. The minimum Gasteiger partial charge on any atom is -0.497 e. The van der Waals surface area contributed by atoms with E-state index in [-0.39, 0.29) is 6.61 Å². The summed E-state index contributed by atoms with van der Waals surface area (Å²) in [5.74, 6) is -5.18. The molecule has 4 nitrogen and oxygen atoms in total. The van der Waals surface area contributed by atoms with E-state index in [0.29, 0.717) is 12.1 Å². The molecule has 0 aliphatic carbocycles. The summed E-state index contributed by atoms with van der Waals surface area (Å²) < 4.78 is 60.5. The topological polar surface area (TPSA) is 52.6 Å². The van der Waals surface area contributed by atoms with Gasteiger partial charge in [0.05, 0.1) is 24.8 Å². The van der Waals surface area contributed by atoms with Gasteiger partial charge in [0.2, 0.25) is 0 Å². The minimum atomic E-state index is -5.03. The van der Waals surface area contributed by atoms with Gasteiger partial charge in [-0.1, -0.05) is 0 Å². The zero-order valence-electron chi connectivity index (χ0n) is 10.5. The largest absolute Gasteiger partial charge is 0.497 e. The molecule has 1 rings (SSSR count). The first-order chi connectivity index (χ1) is 9.22. The van der Waals surface area contributed by atoms with Crippen molar-refractivity contribution < 1.29 is 36.6 Å². The lowest BCUT2D eigenvalue weighted by atomic mass is 10.0. The van der Waals surface area contributed by atoms with Crippen LogP contribution in [0.2, 0.25) is 0 Å². The van der Waals surface area contributed by atoms with Gasteiger partial charge in [-0.3, -0.25) is 4.79 Å². The molecule has 0 bridgehead atoms. The monoisotopic (exact) mass is 294 g/mol. The Morgan fingerprint density at radius 3 is 2.30 bits per heavy atom. The number of Topliss-reactive ketones (excluding diaryl/α,β-unsaturated/α-hetero) is 1. The van der Waals surface area contributed by atoms with Crippen LogP contribution >= 0.6 is 0 Å². The van der Waals surface area contributed by atoms with Crippen LogP contribution < -0.4 is 4.74 Å². The van der Waals surface area contributed by atoms with Crippen molar-refractivity contribution in [3.63, 3.8) is 0 Å². The van der Waals surface area contributed by atoms with Gasteiger partial charge in [0.1, 0.15) is 11.6 Å². The van der Waals surface area contributed by atoms with Crippen molar-refractivity contribution in [3.05, 3.63) is 29.1 Å². The first kappa shape index (κ1) is 15.9. The third-order valence-electron chi connectivity index (χ3n) is 2.29. The predicted octanol–water partition coefficient (Wildman–Crippen LogP) is 2.60. The molecule has 0 atom stereocenters. The Balaban J connectivity index is 3.40. The van der Waals surface area contributed by atoms with Crippen LogP contribution in [0.25, 0.3) is 0 Å². The molecule has 0 fully saturated rings. The van der Waals surface area contributed by atoms with Crippen molar-refractivity contribution in [2.24, 2.45) is 0 Å². The summed E-state index contributed by atoms with van der Waals surface area (Å²) in [5.41, 5.74) is -2.74. The lowest BCUT2D eigenvalue weighted by Crippen LogP contribution is -2.21. The van der Waals surface area contributed by atoms with Gasteiger partial charge in [0, 0.05) is 0 Å². The van der Waals surface area contributed by atoms with Crippen LogP contribution in [-0.4, -0.2) is 25.5 Å². The number of methoxy groups -OCH3 is 1. The second-order valence-corrected chi connectivity index (χ2v) is 3.58. The summed E-state index contributed by atoms with van der Waals surface area (Å²) in [6.07, 6.45) is -5.03. The van der Waals surface area contributed by atoms with Crippen LogP contribution in [0.3, 0.4) is 0 Å². The van der Waals surface area contributed by atoms with Gasteiger partial charge in [-0.25, -0.2) is 9.18 Å². The third-order valence-corrected chi connectivity index (χ3v) is 2.29. The number of alkyl halides is 3. The highest BCUT2D eigenvalue weighted by molar-refractivity contribution is 6.40. The fraction of sp³-hybridized carbons (Fsp3) is 0.333. The zero-order chi connectivity index (χ0) is 15.5. The first-order valence-electron chi connectivity index (χ1n) is 5.38. The van der Waals surface area contributed by atoms with Crippen LogP contribution in [0.4, 0.5) is 17.6 Å². The number of carbonyl (C=O) groups is 2. The number of ketones is 1. The van der Waals surface area contributed by atoms with Crippen LogP contribution in [0, 0.1) is 5.82 Å². The molecule has 0 aliphatic heterocycles. The van der Waals surface area contributed by atoms with E-state index in [9.17, 15) is 27.2 Å². The summed E-state index contributed by atoms with van der Waals surface area (Å²) in [4.78, 5) is 22.8. The van der Waals surface area contributed by atoms with E-state index >= 15 is 0 Å². The average Bonchev–Trinajstić information content (AvgIpc) is 2.37. The van der Waals surface area contributed by atoms with Gasteiger partial charge in [-0.2, -0.15) is 13.2 Å². The molecular formula is C12H10F4O4. The van der Waals surface area contributed by atoms with Crippen LogP contribution in [0.1, 0.15) is 22.8 Å². The molecule has 1 aromatic rings. The molecule has 1 aromatic carbocycles. The molecule has 0 N–H and O–H groups in total. The summed E-state index contributed by atoms with van der Waals surface area (Å²) in [6, 6.07) is 1.11. The van der Waals surface area contributed by atoms with E-state index < -0.39 is 40.6 Å². The minimum absolute atomic E-state index is 0.164. The van der Waals surface area contributed by atoms with Crippen molar-refractivity contribution in [1.29, 1.82) is 0 Å². The number of hydrogen-bond acceptors (Lipinski definition) is 4. The number of esters is 1. The number of hydrogen-bond donors (Lipinski definition) is 0. The lowest BCUT2D eigenvalue weighted by Gasteiger charge is -2.12. The average molecular weight is 294 g/mol. The number of rotatable bonds is 4. The highest BCUT2D eigenvalue weighted by Gasteiger charge is 2.37. The van der Waals surface area contributed by atoms with Gasteiger partial charge >= 0.3 is 12.1 Å². The molecule has 0 heterocycles. The Labute approximate surface area is 111 Å². The molecule has 0 unspecified atom stereocenters. The van der Waals surface area contributed by atoms with E-state index in [4.69, 9.17) is 0 Å². The molecule has 8 heteroatoms. The van der Waals surface area contributed by atoms with E-state index in [1.807, 2.05) is 0 Å². The van der Waals surface area contributed by atoms with Gasteiger partial charge in [-0.05, 0) is 19.1 Å². The van der Waals surface area contributed by atoms with Gasteiger partial charge in [-0.15, -0.1) is 0 Å². The van der Waals surface area contributed by atoms with Gasteiger partial charge in [0.15, 0.2) is 0 Å². The molecule has 0 amide bonds. The number of halogens is 4. The number of benzene rings is 1. The maximum Gasteiger partial charge on any atom is 0.419 e. The van der Waals surface area contributed by atoms with Gasteiger partial charge < -0.3 is 9.47 Å². The second kappa shape index (κ2) is 5.89. The smallest absolute Gasteiger partial charge is 0.419 e. The first-order valence-corrected chi connectivity index (χ1v) is 5.38. The van der Waals surface area contributed by atoms with Crippen LogP contribution in [-0.2, 0) is 15.7 Å². The number of carbonyl (C=O) groups excluding carboxylic acids is 2. The standard InChI is InChI=1S/C12H10F4O4/c1-3-20-11(18)10(17)7-4-6(19-2)5-8(9(7)13)12(14,15)16/h4-5H,3H2,1-2H3. The molecule has 0 saturated carbocycles. The number of ether oxygens (including phenoxy) is 2. The second-order valence-electron chi connectivity index (χ2n) is 3.58. The normalized spacial score (nSPS) is 11.1. The van der Waals surface area contributed by atoms with Gasteiger partial charge in [0.25, 0.3) is 5.78 Å². The Kier molecular flexibility index (Phi) is 4.69.